The topological polar surface area (TPSA) is 105 Å². The van der Waals surface area contributed by atoms with Crippen LogP contribution in [0.1, 0.15) is 13.8 Å². The second-order valence-electron chi connectivity index (χ2n) is 5.21. The Morgan fingerprint density at radius 1 is 1.22 bits per heavy atom. The Bertz CT molecular complexity index is 868. The van der Waals surface area contributed by atoms with Crippen molar-refractivity contribution in [3.05, 3.63) is 52.9 Å². The number of esters is 1. The van der Waals surface area contributed by atoms with Gasteiger partial charge in [-0.25, -0.2) is 9.78 Å². The number of hydrogen-bond donors (Lipinski definition) is 3. The van der Waals surface area contributed by atoms with Gasteiger partial charge in [0, 0.05) is 11.8 Å². The molecule has 2 aromatic rings. The molecule has 0 saturated heterocycles. The predicted octanol–water partition coefficient (Wildman–Crippen LogP) is 3.98. The van der Waals surface area contributed by atoms with E-state index in [1.807, 2.05) is 0 Å². The number of pyridine rings is 1. The second kappa shape index (κ2) is 9.59. The second-order valence-corrected chi connectivity index (χ2v) is 5.62. The number of phenols is 1. The first-order valence-electron chi connectivity index (χ1n) is 8.28. The van der Waals surface area contributed by atoms with Gasteiger partial charge in [-0.2, -0.15) is 0 Å². The maximum absolute atomic E-state index is 12.0. The molecule has 0 amide bonds. The number of halogens is 1. The minimum Gasteiger partial charge on any atom is -0.506 e. The number of phenolic OH excluding ortho intramolecular Hbond substituents is 1. The fraction of sp³-hybridized carbons (Fsp3) is 0.211. The van der Waals surface area contributed by atoms with E-state index in [0.29, 0.717) is 17.1 Å². The van der Waals surface area contributed by atoms with Crippen molar-refractivity contribution in [1.82, 2.24) is 4.98 Å². The van der Waals surface area contributed by atoms with Crippen molar-refractivity contribution in [1.29, 1.82) is 5.41 Å². The standard InChI is InChI=1S/C19H20ClN3O4/c1-3-26-18(13(11-21)19(25)27-4-2)23-16-10-6-9-15(22-16)12-7-5-8-14(20)17(12)24/h5-11,21,24H,3-4H2,1-2H3,(H,22,23)/b18-13-,21-11?. The minimum absolute atomic E-state index is 0.0588. The van der Waals surface area contributed by atoms with Crippen molar-refractivity contribution in [3.8, 4) is 17.0 Å². The Kier molecular flexibility index (Phi) is 7.19. The van der Waals surface area contributed by atoms with Crippen LogP contribution in [0.3, 0.4) is 0 Å². The monoisotopic (exact) mass is 389 g/mol. The average Bonchev–Trinajstić information content (AvgIpc) is 2.65. The molecule has 3 N–H and O–H groups in total. The van der Waals surface area contributed by atoms with E-state index >= 15 is 0 Å². The number of para-hydroxylation sites is 1. The van der Waals surface area contributed by atoms with E-state index in [1.165, 1.54) is 0 Å². The zero-order valence-corrected chi connectivity index (χ0v) is 15.7. The molecule has 7 nitrogen and oxygen atoms in total. The quantitative estimate of drug-likeness (QED) is 0.273. The molecule has 0 saturated carbocycles. The van der Waals surface area contributed by atoms with E-state index in [-0.39, 0.29) is 35.4 Å². The highest BCUT2D eigenvalue weighted by Crippen LogP contribution is 2.34. The summed E-state index contributed by atoms with van der Waals surface area (Å²) >= 11 is 5.96. The number of rotatable bonds is 8. The van der Waals surface area contributed by atoms with Crippen LogP contribution in [-0.4, -0.2) is 35.5 Å². The maximum Gasteiger partial charge on any atom is 0.345 e. The molecular formula is C19H20ClN3O4. The van der Waals surface area contributed by atoms with E-state index < -0.39 is 5.97 Å². The summed E-state index contributed by atoms with van der Waals surface area (Å²) in [6.07, 6.45) is 0.864. The third-order valence-electron chi connectivity index (χ3n) is 3.43. The van der Waals surface area contributed by atoms with Crippen LogP contribution in [-0.2, 0) is 14.3 Å². The Hall–Kier alpha value is -3.06. The van der Waals surface area contributed by atoms with Crippen molar-refractivity contribution >= 4 is 29.6 Å². The van der Waals surface area contributed by atoms with E-state index in [4.69, 9.17) is 26.5 Å². The van der Waals surface area contributed by atoms with Gasteiger partial charge in [0.05, 0.1) is 23.9 Å². The maximum atomic E-state index is 12.0. The summed E-state index contributed by atoms with van der Waals surface area (Å²) < 4.78 is 10.4. The molecule has 142 valence electrons. The summed E-state index contributed by atoms with van der Waals surface area (Å²) in [5.41, 5.74) is 0.880. The number of hydrogen-bond acceptors (Lipinski definition) is 7. The molecule has 1 aromatic carbocycles. The van der Waals surface area contributed by atoms with Gasteiger partial charge in [-0.15, -0.1) is 0 Å². The summed E-state index contributed by atoms with van der Waals surface area (Å²) in [4.78, 5) is 16.4. The van der Waals surface area contributed by atoms with Gasteiger partial charge in [0.1, 0.15) is 17.1 Å². The zero-order chi connectivity index (χ0) is 19.8. The molecule has 0 unspecified atom stereocenters. The van der Waals surface area contributed by atoms with E-state index in [9.17, 15) is 9.90 Å². The molecule has 0 spiro atoms. The van der Waals surface area contributed by atoms with Crippen molar-refractivity contribution in [2.45, 2.75) is 13.8 Å². The molecule has 0 bridgehead atoms. The minimum atomic E-state index is -0.674. The van der Waals surface area contributed by atoms with Crippen LogP contribution in [0.2, 0.25) is 5.02 Å². The van der Waals surface area contributed by atoms with Gasteiger partial charge in [0.15, 0.2) is 0 Å². The number of nitrogens with zero attached hydrogens (tertiary/aromatic N) is 1. The average molecular weight is 390 g/mol. The number of nitrogens with one attached hydrogen (secondary N) is 2. The molecule has 0 aliphatic heterocycles. The molecule has 8 heteroatoms. The number of carbonyl (C=O) groups is 1. The number of aromatic nitrogens is 1. The Labute approximate surface area is 162 Å². The van der Waals surface area contributed by atoms with Gasteiger partial charge in [-0.1, -0.05) is 23.7 Å². The summed E-state index contributed by atoms with van der Waals surface area (Å²) in [7, 11) is 0. The van der Waals surface area contributed by atoms with Crippen LogP contribution in [0, 0.1) is 5.41 Å². The van der Waals surface area contributed by atoms with Gasteiger partial charge in [0.2, 0.25) is 5.88 Å². The summed E-state index contributed by atoms with van der Waals surface area (Å²) in [5, 5.41) is 20.8. The largest absolute Gasteiger partial charge is 0.506 e. The summed E-state index contributed by atoms with van der Waals surface area (Å²) in [5.74, 6) is -0.326. The van der Waals surface area contributed by atoms with Crippen molar-refractivity contribution in [3.63, 3.8) is 0 Å². The highest BCUT2D eigenvalue weighted by Gasteiger charge is 2.17. The highest BCUT2D eigenvalue weighted by molar-refractivity contribution is 6.32. The molecule has 0 aliphatic rings. The normalized spacial score (nSPS) is 11.4. The van der Waals surface area contributed by atoms with Crippen LogP contribution in [0.25, 0.3) is 11.3 Å². The Morgan fingerprint density at radius 3 is 2.59 bits per heavy atom. The van der Waals surface area contributed by atoms with Crippen LogP contribution in [0.5, 0.6) is 5.75 Å². The van der Waals surface area contributed by atoms with Gasteiger partial charge in [0.25, 0.3) is 0 Å². The van der Waals surface area contributed by atoms with Crippen molar-refractivity contribution < 1.29 is 19.4 Å². The third kappa shape index (κ3) is 4.98. The molecule has 1 heterocycles. The van der Waals surface area contributed by atoms with E-state index in [0.717, 1.165) is 6.21 Å². The fourth-order valence-corrected chi connectivity index (χ4v) is 2.42. The van der Waals surface area contributed by atoms with E-state index in [2.05, 4.69) is 10.3 Å². The molecular weight excluding hydrogens is 370 g/mol. The van der Waals surface area contributed by atoms with Gasteiger partial charge in [-0.05, 0) is 38.1 Å². The molecule has 0 radical (unpaired) electrons. The summed E-state index contributed by atoms with van der Waals surface area (Å²) in [6, 6.07) is 10.1. The molecule has 0 fully saturated rings. The first kappa shape index (κ1) is 20.3. The zero-order valence-electron chi connectivity index (χ0n) is 15.0. The number of carbonyl (C=O) groups excluding carboxylic acids is 1. The molecule has 2 rings (SSSR count). The number of benzene rings is 1. The van der Waals surface area contributed by atoms with E-state index in [1.54, 1.807) is 50.2 Å². The Balaban J connectivity index is 2.41. The first-order valence-corrected chi connectivity index (χ1v) is 8.66. The third-order valence-corrected chi connectivity index (χ3v) is 3.73. The Morgan fingerprint density at radius 2 is 1.93 bits per heavy atom. The van der Waals surface area contributed by atoms with Crippen molar-refractivity contribution in [2.75, 3.05) is 18.5 Å². The predicted molar refractivity (Wildman–Crippen MR) is 104 cm³/mol. The fourth-order valence-electron chi connectivity index (χ4n) is 2.24. The SMILES string of the molecule is CCOC(=O)/C(C=N)=C(/Nc1cccc(-c2cccc(Cl)c2O)n1)OCC. The van der Waals surface area contributed by atoms with Crippen LogP contribution < -0.4 is 5.32 Å². The molecule has 0 aliphatic carbocycles. The van der Waals surface area contributed by atoms with Gasteiger partial charge >= 0.3 is 5.97 Å². The first-order chi connectivity index (χ1) is 13.0. The lowest BCUT2D eigenvalue weighted by atomic mass is 10.1. The lowest BCUT2D eigenvalue weighted by Gasteiger charge is -2.14. The number of aromatic hydroxyl groups is 1. The molecule has 0 atom stereocenters. The van der Waals surface area contributed by atoms with Crippen LogP contribution in [0.15, 0.2) is 47.9 Å². The van der Waals surface area contributed by atoms with Crippen molar-refractivity contribution in [2.24, 2.45) is 0 Å². The van der Waals surface area contributed by atoms with Gasteiger partial charge in [-0.3, -0.25) is 0 Å². The lowest BCUT2D eigenvalue weighted by Crippen LogP contribution is -2.17. The smallest absolute Gasteiger partial charge is 0.345 e. The van der Waals surface area contributed by atoms with Gasteiger partial charge < -0.3 is 25.3 Å². The number of anilines is 1. The number of ether oxygens (including phenoxy) is 2. The lowest BCUT2D eigenvalue weighted by molar-refractivity contribution is -0.138. The highest BCUT2D eigenvalue weighted by atomic mass is 35.5. The van der Waals surface area contributed by atoms with Crippen LogP contribution >= 0.6 is 11.6 Å². The summed E-state index contributed by atoms with van der Waals surface area (Å²) in [6.45, 7) is 3.88. The van der Waals surface area contributed by atoms with Crippen LogP contribution in [0.4, 0.5) is 5.82 Å². The molecule has 1 aromatic heterocycles. The molecule has 27 heavy (non-hydrogen) atoms.